The number of nitrogens with zero attached hydrogens (tertiary/aromatic N) is 6. The molecule has 0 saturated heterocycles. The fourth-order valence-corrected chi connectivity index (χ4v) is 1.57. The van der Waals surface area contributed by atoms with Gasteiger partial charge in [-0.3, -0.25) is 0 Å². The third-order valence-electron chi connectivity index (χ3n) is 1.19. The second-order valence-corrected chi connectivity index (χ2v) is 10.6. The molecule has 0 aromatic rings. The SMILES string of the molecule is N#[C][Ru-2]([C]#N)([C]#N)([C]#N)([C]#N)[C]#N.[Na+].[Na+]. The largest absolute Gasteiger partial charge is 1.00 e. The molecule has 0 rings (SSSR count). The summed E-state index contributed by atoms with van der Waals surface area (Å²) in [7, 11) is 0. The first-order valence-corrected chi connectivity index (χ1v) is 7.62. The first kappa shape index (κ1) is 20.0. The van der Waals surface area contributed by atoms with Gasteiger partial charge in [0, 0.05) is 0 Å². The topological polar surface area (TPSA) is 143 Å². The van der Waals surface area contributed by atoms with Crippen LogP contribution in [0, 0.1) is 59.6 Å². The summed E-state index contributed by atoms with van der Waals surface area (Å²) in [5.41, 5.74) is 0. The minimum absolute atomic E-state index is 0. The van der Waals surface area contributed by atoms with Crippen LogP contribution < -0.4 is 59.1 Å². The average Bonchev–Trinajstić information content (AvgIpc) is 2.26. The van der Waals surface area contributed by atoms with Crippen LogP contribution in [0.5, 0.6) is 0 Å². The van der Waals surface area contributed by atoms with Crippen LogP contribution >= 0.6 is 0 Å². The van der Waals surface area contributed by atoms with Gasteiger partial charge < -0.3 is 0 Å². The third kappa shape index (κ3) is 2.08. The van der Waals surface area contributed by atoms with Crippen LogP contribution in [0.1, 0.15) is 0 Å². The van der Waals surface area contributed by atoms with Gasteiger partial charge in [0.25, 0.3) is 0 Å². The van der Waals surface area contributed by atoms with E-state index in [1.54, 1.807) is 0 Å². The summed E-state index contributed by atoms with van der Waals surface area (Å²) >= 11 is -6.55. The van der Waals surface area contributed by atoms with Gasteiger partial charge in [-0.05, 0) is 0 Å². The van der Waals surface area contributed by atoms with Gasteiger partial charge in [-0.1, -0.05) is 0 Å². The third-order valence-corrected chi connectivity index (χ3v) is 7.02. The molecule has 0 aliphatic carbocycles. The second kappa shape index (κ2) is 5.06. The van der Waals surface area contributed by atoms with Crippen molar-refractivity contribution in [1.82, 2.24) is 0 Å². The van der Waals surface area contributed by atoms with Crippen LogP contribution in [0.25, 0.3) is 0 Å². The second-order valence-electron chi connectivity index (χ2n) is 1.80. The summed E-state index contributed by atoms with van der Waals surface area (Å²) in [5.74, 6) is 0. The molecule has 0 radical (unpaired) electrons. The van der Waals surface area contributed by atoms with Crippen molar-refractivity contribution in [3.05, 3.63) is 0 Å². The van der Waals surface area contributed by atoms with E-state index in [0.717, 1.165) is 28.0 Å². The summed E-state index contributed by atoms with van der Waals surface area (Å²) in [5, 5.41) is 51.6. The molecule has 0 aliphatic heterocycles. The van der Waals surface area contributed by atoms with Gasteiger partial charge in [0.05, 0.1) is 0 Å². The Labute approximate surface area is 129 Å². The van der Waals surface area contributed by atoms with Crippen LogP contribution in [0.2, 0.25) is 0 Å². The van der Waals surface area contributed by atoms with Crippen molar-refractivity contribution in [2.24, 2.45) is 0 Å². The summed E-state index contributed by atoms with van der Waals surface area (Å²) in [6.07, 6.45) is 0. The Morgan fingerprint density at radius 1 is 0.467 bits per heavy atom. The molecule has 0 spiro atoms. The summed E-state index contributed by atoms with van der Waals surface area (Å²) in [6, 6.07) is 0. The number of hydrogen-bond acceptors (Lipinski definition) is 6. The standard InChI is InChI=1S/6CN.2Na.Ru/c6*1-2;;;/q;;;;;;2*+1;-2. The Hall–Kier alpha value is -0.437. The molecule has 0 heterocycles. The molecule has 9 heteroatoms. The molecule has 6 nitrogen and oxygen atoms in total. The normalized spacial score (nSPS) is 11.6. The van der Waals surface area contributed by atoms with E-state index in [1.165, 1.54) is 0 Å². The molecule has 0 amide bonds. The van der Waals surface area contributed by atoms with Gasteiger partial charge in [0.2, 0.25) is 0 Å². The number of hydrogen-bond donors (Lipinski definition) is 0. The van der Waals surface area contributed by atoms with Crippen molar-refractivity contribution in [3.8, 4) is 28.0 Å². The maximum absolute atomic E-state index is 8.59. The maximum atomic E-state index is 8.59. The first-order valence-electron chi connectivity index (χ1n) is 2.40. The van der Waals surface area contributed by atoms with E-state index in [-0.39, 0.29) is 59.1 Å². The van der Waals surface area contributed by atoms with Gasteiger partial charge in [-0.15, -0.1) is 0 Å². The molecule has 0 unspecified atom stereocenters. The van der Waals surface area contributed by atoms with Crippen molar-refractivity contribution in [2.45, 2.75) is 0 Å². The molecule has 0 aromatic heterocycles. The molecule has 0 saturated carbocycles. The molecule has 0 bridgehead atoms. The minimum atomic E-state index is -6.55. The van der Waals surface area contributed by atoms with Gasteiger partial charge in [0.15, 0.2) is 0 Å². The van der Waals surface area contributed by atoms with E-state index in [4.69, 9.17) is 31.6 Å². The molecule has 0 N–H and O–H groups in total. The van der Waals surface area contributed by atoms with Gasteiger partial charge in [-0.25, -0.2) is 0 Å². The zero-order valence-corrected chi connectivity index (χ0v) is 13.8. The summed E-state index contributed by atoms with van der Waals surface area (Å²) in [6.45, 7) is 0. The fraction of sp³-hybridized carbons (Fsp3) is 0. The molecule has 0 aromatic carbocycles. The molecule has 0 fully saturated rings. The maximum Gasteiger partial charge on any atom is 1.00 e. The van der Waals surface area contributed by atoms with Crippen LogP contribution in [0.4, 0.5) is 0 Å². The number of rotatable bonds is 0. The average molecular weight is 303 g/mol. The Bertz CT molecular complexity index is 395. The quantitative estimate of drug-likeness (QED) is 0.408. The van der Waals surface area contributed by atoms with Gasteiger partial charge in [0.1, 0.15) is 0 Å². The van der Waals surface area contributed by atoms with Gasteiger partial charge in [-0.2, -0.15) is 0 Å². The van der Waals surface area contributed by atoms with E-state index in [9.17, 15) is 0 Å². The number of nitriles is 6. The van der Waals surface area contributed by atoms with Crippen LogP contribution in [0.15, 0.2) is 0 Å². The zero-order valence-electron chi connectivity index (χ0n) is 8.04. The predicted octanol–water partition coefficient (Wildman–Crippen LogP) is -5.89. The Morgan fingerprint density at radius 3 is 0.600 bits per heavy atom. The van der Waals surface area contributed by atoms with Crippen LogP contribution in [-0.2, 0) is 12.4 Å². The van der Waals surface area contributed by atoms with E-state index < -0.39 is 12.4 Å². The molecule has 0 atom stereocenters. The fourth-order valence-electron chi connectivity index (χ4n) is 0.265. The van der Waals surface area contributed by atoms with E-state index in [1.807, 2.05) is 0 Å². The predicted molar refractivity (Wildman–Crippen MR) is 33.7 cm³/mol. The van der Waals surface area contributed by atoms with Crippen molar-refractivity contribution in [2.75, 3.05) is 0 Å². The molecular weight excluding hydrogens is 303 g/mol. The van der Waals surface area contributed by atoms with Gasteiger partial charge >= 0.3 is 131 Å². The molecule has 0 aliphatic rings. The van der Waals surface area contributed by atoms with Crippen molar-refractivity contribution < 1.29 is 71.5 Å². The Balaban J connectivity index is -0.000000720. The van der Waals surface area contributed by atoms with Crippen LogP contribution in [0.3, 0.4) is 0 Å². The van der Waals surface area contributed by atoms with E-state index in [2.05, 4.69) is 0 Å². The van der Waals surface area contributed by atoms with Crippen LogP contribution in [-0.4, -0.2) is 0 Å². The molecule has 64 valence electrons. The smallest absolute Gasteiger partial charge is 1.00 e. The van der Waals surface area contributed by atoms with E-state index >= 15 is 0 Å². The van der Waals surface area contributed by atoms with Crippen molar-refractivity contribution in [1.29, 1.82) is 31.6 Å². The molecular formula is C6N6Na2Ru. The molecule has 15 heavy (non-hydrogen) atoms. The Morgan fingerprint density at radius 2 is 0.600 bits per heavy atom. The van der Waals surface area contributed by atoms with E-state index in [0.29, 0.717) is 0 Å². The summed E-state index contributed by atoms with van der Waals surface area (Å²) < 4.78 is 6.37. The monoisotopic (exact) mass is 304 g/mol. The van der Waals surface area contributed by atoms with Crippen molar-refractivity contribution >= 4 is 0 Å². The Kier molecular flexibility index (Phi) is 6.76. The first-order chi connectivity index (χ1) is 5.97. The summed E-state index contributed by atoms with van der Waals surface area (Å²) in [4.78, 5) is 0. The van der Waals surface area contributed by atoms with Crippen molar-refractivity contribution in [3.63, 3.8) is 0 Å². The minimum Gasteiger partial charge on any atom is 1.00 e. The zero-order chi connectivity index (χ0) is 10.7.